The lowest BCUT2D eigenvalue weighted by molar-refractivity contribution is -0.129. The van der Waals surface area contributed by atoms with Crippen LogP contribution in [0.4, 0.5) is 0 Å². The Balaban J connectivity index is 1.63. The van der Waals surface area contributed by atoms with Crippen molar-refractivity contribution in [2.24, 2.45) is 16.7 Å². The second-order valence-electron chi connectivity index (χ2n) is 8.81. The van der Waals surface area contributed by atoms with Crippen LogP contribution < -0.4 is 0 Å². The molecule has 3 fully saturated rings. The fourth-order valence-electron chi connectivity index (χ4n) is 7.34. The van der Waals surface area contributed by atoms with E-state index in [0.29, 0.717) is 17.6 Å². The first-order valence-corrected chi connectivity index (χ1v) is 9.14. The Morgan fingerprint density at radius 2 is 1.96 bits per heavy atom. The van der Waals surface area contributed by atoms with Gasteiger partial charge < -0.3 is 15.3 Å². The molecule has 3 nitrogen and oxygen atoms in total. The molecule has 0 aromatic heterocycles. The topological polar surface area (TPSA) is 60.7 Å². The van der Waals surface area contributed by atoms with Crippen molar-refractivity contribution in [3.63, 3.8) is 0 Å². The van der Waals surface area contributed by atoms with Gasteiger partial charge in [0.05, 0.1) is 11.7 Å². The summed E-state index contributed by atoms with van der Waals surface area (Å²) in [4.78, 5) is 0. The number of phenols is 1. The van der Waals surface area contributed by atoms with E-state index in [1.165, 1.54) is 11.1 Å². The van der Waals surface area contributed by atoms with E-state index in [9.17, 15) is 15.3 Å². The molecule has 4 aliphatic carbocycles. The molecule has 3 heteroatoms. The Hall–Kier alpha value is -1.06. The monoisotopic (exact) mass is 314 g/mol. The van der Waals surface area contributed by atoms with Gasteiger partial charge in [-0.25, -0.2) is 0 Å². The van der Waals surface area contributed by atoms with Gasteiger partial charge >= 0.3 is 0 Å². The second kappa shape index (κ2) is 4.12. The van der Waals surface area contributed by atoms with Crippen molar-refractivity contribution in [1.29, 1.82) is 0 Å². The van der Waals surface area contributed by atoms with E-state index in [2.05, 4.69) is 13.0 Å². The molecule has 4 aliphatic rings. The molecule has 3 saturated carbocycles. The van der Waals surface area contributed by atoms with Crippen LogP contribution in [-0.2, 0) is 6.42 Å². The van der Waals surface area contributed by atoms with Gasteiger partial charge in [0.1, 0.15) is 5.75 Å². The van der Waals surface area contributed by atoms with Crippen molar-refractivity contribution in [3.05, 3.63) is 29.3 Å². The lowest BCUT2D eigenvalue weighted by Crippen LogP contribution is -2.53. The SMILES string of the molecule is C[C@]12CC[C@@H]3c4ccc(O)cc4CC[C@H]3[C@@]13CC[C@@]2(O)[C@@H](O)C3. The molecule has 124 valence electrons. The number of benzene rings is 1. The Bertz CT molecular complexity index is 685. The summed E-state index contributed by atoms with van der Waals surface area (Å²) in [5.41, 5.74) is 1.81. The predicted molar refractivity (Wildman–Crippen MR) is 87.2 cm³/mol. The number of aliphatic hydroxyl groups excluding tert-OH is 1. The molecule has 2 bridgehead atoms. The van der Waals surface area contributed by atoms with Gasteiger partial charge in [-0.15, -0.1) is 0 Å². The second-order valence-corrected chi connectivity index (χ2v) is 8.81. The van der Waals surface area contributed by atoms with E-state index < -0.39 is 11.7 Å². The molecule has 0 amide bonds. The number of aliphatic hydroxyl groups is 2. The number of aryl methyl sites for hydroxylation is 1. The third-order valence-electron chi connectivity index (χ3n) is 8.52. The molecule has 23 heavy (non-hydrogen) atoms. The fourth-order valence-corrected chi connectivity index (χ4v) is 7.34. The highest BCUT2D eigenvalue weighted by Crippen LogP contribution is 2.77. The van der Waals surface area contributed by atoms with E-state index in [1.807, 2.05) is 12.1 Å². The molecule has 0 saturated heterocycles. The van der Waals surface area contributed by atoms with Gasteiger partial charge in [0.25, 0.3) is 0 Å². The van der Waals surface area contributed by atoms with Gasteiger partial charge in [-0.05, 0) is 85.5 Å². The van der Waals surface area contributed by atoms with Gasteiger partial charge in [0, 0.05) is 5.41 Å². The van der Waals surface area contributed by atoms with Gasteiger partial charge in [0.15, 0.2) is 0 Å². The van der Waals surface area contributed by atoms with E-state index in [-0.39, 0.29) is 10.8 Å². The molecule has 3 N–H and O–H groups in total. The molecule has 1 aromatic rings. The minimum atomic E-state index is -0.868. The normalized spacial score (nSPS) is 50.3. The Labute approximate surface area is 137 Å². The molecule has 0 unspecified atom stereocenters. The van der Waals surface area contributed by atoms with Crippen molar-refractivity contribution in [2.75, 3.05) is 0 Å². The first-order valence-electron chi connectivity index (χ1n) is 9.14. The molecule has 0 radical (unpaired) electrons. The van der Waals surface area contributed by atoms with Gasteiger partial charge in [-0.3, -0.25) is 0 Å². The minimum absolute atomic E-state index is 0.0969. The van der Waals surface area contributed by atoms with Crippen molar-refractivity contribution in [3.8, 4) is 5.75 Å². The number of phenolic OH excluding ortho intramolecular Hbond substituents is 1. The lowest BCUT2D eigenvalue weighted by atomic mass is 9.48. The van der Waals surface area contributed by atoms with Crippen molar-refractivity contribution >= 4 is 0 Å². The van der Waals surface area contributed by atoms with Crippen molar-refractivity contribution in [2.45, 2.75) is 69.5 Å². The Morgan fingerprint density at radius 3 is 2.74 bits per heavy atom. The maximum atomic E-state index is 11.2. The van der Waals surface area contributed by atoms with E-state index >= 15 is 0 Å². The number of aromatic hydroxyl groups is 1. The van der Waals surface area contributed by atoms with Crippen LogP contribution in [-0.4, -0.2) is 27.0 Å². The fraction of sp³-hybridized carbons (Fsp3) is 0.700. The zero-order valence-electron chi connectivity index (χ0n) is 13.8. The molecule has 0 heterocycles. The highest BCUT2D eigenvalue weighted by molar-refractivity contribution is 5.41. The van der Waals surface area contributed by atoms with Crippen LogP contribution in [0.25, 0.3) is 0 Å². The summed E-state index contributed by atoms with van der Waals surface area (Å²) in [5, 5.41) is 31.6. The molecule has 0 aliphatic heterocycles. The highest BCUT2D eigenvalue weighted by Gasteiger charge is 2.76. The van der Waals surface area contributed by atoms with E-state index in [1.54, 1.807) is 0 Å². The summed E-state index contributed by atoms with van der Waals surface area (Å²) in [6.45, 7) is 2.25. The average molecular weight is 314 g/mol. The third kappa shape index (κ3) is 1.41. The Morgan fingerprint density at radius 1 is 1.13 bits per heavy atom. The first kappa shape index (κ1) is 14.3. The molecular formula is C20H26O3. The summed E-state index contributed by atoms with van der Waals surface area (Å²) in [6.07, 6.45) is 6.27. The zero-order valence-corrected chi connectivity index (χ0v) is 13.8. The summed E-state index contributed by atoms with van der Waals surface area (Å²) in [5.74, 6) is 1.46. The van der Waals surface area contributed by atoms with Gasteiger partial charge in [0.2, 0.25) is 0 Å². The standard InChI is InChI=1S/C20H26O3/c1-18-7-6-15-14-4-3-13(21)10-12(14)2-5-16(15)19(18)8-9-20(18,23)17(22)11-19/h3-4,10,15-17,21-23H,2,5-9,11H2,1H3/t15-,16-,17+,18+,19+,20-/m1/s1. The van der Waals surface area contributed by atoms with Crippen LogP contribution in [0.15, 0.2) is 18.2 Å². The molecule has 5 rings (SSSR count). The summed E-state index contributed by atoms with van der Waals surface area (Å²) in [7, 11) is 0. The third-order valence-corrected chi connectivity index (χ3v) is 8.52. The van der Waals surface area contributed by atoms with Crippen LogP contribution in [0, 0.1) is 16.7 Å². The number of hydrogen-bond acceptors (Lipinski definition) is 3. The van der Waals surface area contributed by atoms with Crippen LogP contribution in [0.2, 0.25) is 0 Å². The molecule has 1 aromatic carbocycles. The van der Waals surface area contributed by atoms with Crippen LogP contribution >= 0.6 is 0 Å². The average Bonchev–Trinajstić information content (AvgIpc) is 2.86. The lowest BCUT2D eigenvalue weighted by Gasteiger charge is -2.56. The quantitative estimate of drug-likeness (QED) is 0.689. The number of fused-ring (bicyclic) bond motifs is 3. The highest BCUT2D eigenvalue weighted by atomic mass is 16.3. The minimum Gasteiger partial charge on any atom is -0.508 e. The van der Waals surface area contributed by atoms with Gasteiger partial charge in [-0.1, -0.05) is 13.0 Å². The maximum absolute atomic E-state index is 11.2. The first-order chi connectivity index (χ1) is 10.9. The number of hydrogen-bond donors (Lipinski definition) is 3. The van der Waals surface area contributed by atoms with Gasteiger partial charge in [-0.2, -0.15) is 0 Å². The van der Waals surface area contributed by atoms with Crippen LogP contribution in [0.3, 0.4) is 0 Å². The van der Waals surface area contributed by atoms with Crippen molar-refractivity contribution in [1.82, 2.24) is 0 Å². The Kier molecular flexibility index (Phi) is 2.56. The summed E-state index contributed by atoms with van der Waals surface area (Å²) in [6, 6.07) is 5.87. The van der Waals surface area contributed by atoms with E-state index in [0.717, 1.165) is 44.9 Å². The summed E-state index contributed by atoms with van der Waals surface area (Å²) < 4.78 is 0. The van der Waals surface area contributed by atoms with Crippen LogP contribution in [0.1, 0.15) is 62.5 Å². The smallest absolute Gasteiger partial charge is 0.115 e. The predicted octanol–water partition coefficient (Wildman–Crippen LogP) is 3.11. The molecule has 6 atom stereocenters. The van der Waals surface area contributed by atoms with Crippen LogP contribution in [0.5, 0.6) is 5.75 Å². The molecule has 0 spiro atoms. The maximum Gasteiger partial charge on any atom is 0.115 e. The largest absolute Gasteiger partial charge is 0.508 e. The summed E-state index contributed by atoms with van der Waals surface area (Å²) >= 11 is 0. The number of rotatable bonds is 0. The molecular weight excluding hydrogens is 288 g/mol. The van der Waals surface area contributed by atoms with Crippen molar-refractivity contribution < 1.29 is 15.3 Å². The van der Waals surface area contributed by atoms with E-state index in [4.69, 9.17) is 0 Å². The zero-order chi connectivity index (χ0) is 16.0.